The fraction of sp³-hybridized carbons (Fsp3) is 0.938. The largest absolute Gasteiger partial charge is 0.379 e. The maximum atomic E-state index is 12.0. The molecule has 1 aliphatic carbocycles. The van der Waals surface area contributed by atoms with Gasteiger partial charge in [0.05, 0.1) is 11.9 Å². The molecule has 0 aromatic carbocycles. The molecule has 24 heavy (non-hydrogen) atoms. The summed E-state index contributed by atoms with van der Waals surface area (Å²) < 4.78 is 32.1. The van der Waals surface area contributed by atoms with Crippen LogP contribution in [0.2, 0.25) is 0 Å². The number of hydrogen-bond acceptors (Lipinski definition) is 4. The first kappa shape index (κ1) is 21.2. The fourth-order valence-corrected chi connectivity index (χ4v) is 3.48. The van der Waals surface area contributed by atoms with Crippen molar-refractivity contribution in [2.75, 3.05) is 39.5 Å². The number of nitrogens with one attached hydrogen (secondary N) is 3. The average Bonchev–Trinajstić information content (AvgIpc) is 2.42. The lowest BCUT2D eigenvalue weighted by molar-refractivity contribution is 0.0205. The summed E-state index contributed by atoms with van der Waals surface area (Å²) in [5, 5.41) is 6.22. The van der Waals surface area contributed by atoms with E-state index >= 15 is 0 Å². The number of aliphatic imine (C=N–C) groups is 1. The van der Waals surface area contributed by atoms with Crippen LogP contribution in [-0.2, 0) is 14.8 Å². The first-order valence-corrected chi connectivity index (χ1v) is 10.3. The van der Waals surface area contributed by atoms with E-state index in [0.29, 0.717) is 31.5 Å². The Kier molecular flexibility index (Phi) is 8.45. The van der Waals surface area contributed by atoms with Gasteiger partial charge in [0.25, 0.3) is 0 Å². The Morgan fingerprint density at radius 3 is 2.42 bits per heavy atom. The predicted octanol–water partition coefficient (Wildman–Crippen LogP) is 0.932. The lowest BCUT2D eigenvalue weighted by Gasteiger charge is -2.30. The zero-order chi connectivity index (χ0) is 18.2. The maximum absolute atomic E-state index is 12.0. The quantitative estimate of drug-likeness (QED) is 0.419. The average molecular weight is 363 g/mol. The first-order chi connectivity index (χ1) is 11.2. The predicted molar refractivity (Wildman–Crippen MR) is 98.7 cm³/mol. The highest BCUT2D eigenvalue weighted by molar-refractivity contribution is 7.89. The number of methoxy groups -OCH3 is 1. The number of rotatable bonds is 9. The molecule has 0 saturated heterocycles. The molecule has 1 unspecified atom stereocenters. The number of guanidine groups is 1. The SMILES string of the molecule is CN=C(NCCS(=O)(=O)NCC1CCC1)NCC(OC)C(C)(C)C. The van der Waals surface area contributed by atoms with Gasteiger partial charge in [-0.3, -0.25) is 4.99 Å². The molecule has 0 heterocycles. The highest BCUT2D eigenvalue weighted by Crippen LogP contribution is 2.25. The lowest BCUT2D eigenvalue weighted by atomic mass is 9.86. The molecule has 0 spiro atoms. The van der Waals surface area contributed by atoms with Crippen LogP contribution in [0.25, 0.3) is 0 Å². The van der Waals surface area contributed by atoms with E-state index in [4.69, 9.17) is 4.74 Å². The van der Waals surface area contributed by atoms with Gasteiger partial charge in [0.1, 0.15) is 0 Å². The third kappa shape index (κ3) is 7.81. The minimum atomic E-state index is -3.24. The van der Waals surface area contributed by atoms with Gasteiger partial charge in [-0.15, -0.1) is 0 Å². The van der Waals surface area contributed by atoms with Crippen molar-refractivity contribution in [3.8, 4) is 0 Å². The molecule has 1 saturated carbocycles. The summed E-state index contributed by atoms with van der Waals surface area (Å²) in [7, 11) is 0.117. The second-order valence-electron chi connectivity index (χ2n) is 7.43. The summed E-state index contributed by atoms with van der Waals surface area (Å²) in [5.41, 5.74) is 0.00931. The molecule has 8 heteroatoms. The second kappa shape index (κ2) is 9.58. The Balaban J connectivity index is 2.30. The smallest absolute Gasteiger partial charge is 0.213 e. The highest BCUT2D eigenvalue weighted by Gasteiger charge is 2.24. The number of sulfonamides is 1. The summed E-state index contributed by atoms with van der Waals surface area (Å²) in [6, 6.07) is 0. The molecule has 1 rings (SSSR count). The van der Waals surface area contributed by atoms with Crippen molar-refractivity contribution >= 4 is 16.0 Å². The molecule has 0 radical (unpaired) electrons. The van der Waals surface area contributed by atoms with E-state index < -0.39 is 10.0 Å². The molecular weight excluding hydrogens is 328 g/mol. The molecule has 1 fully saturated rings. The molecule has 0 aromatic heterocycles. The second-order valence-corrected chi connectivity index (χ2v) is 9.36. The fourth-order valence-electron chi connectivity index (χ4n) is 2.47. The van der Waals surface area contributed by atoms with Gasteiger partial charge in [-0.2, -0.15) is 0 Å². The minimum Gasteiger partial charge on any atom is -0.379 e. The van der Waals surface area contributed by atoms with E-state index in [0.717, 1.165) is 12.8 Å². The molecule has 1 atom stereocenters. The van der Waals surface area contributed by atoms with Crippen molar-refractivity contribution in [1.82, 2.24) is 15.4 Å². The highest BCUT2D eigenvalue weighted by atomic mass is 32.2. The van der Waals surface area contributed by atoms with Crippen LogP contribution in [0.5, 0.6) is 0 Å². The van der Waals surface area contributed by atoms with Crippen LogP contribution in [-0.4, -0.2) is 60.0 Å². The summed E-state index contributed by atoms with van der Waals surface area (Å²) in [4.78, 5) is 4.12. The molecular formula is C16H34N4O3S. The van der Waals surface area contributed by atoms with Crippen LogP contribution in [0.3, 0.4) is 0 Å². The van der Waals surface area contributed by atoms with Crippen LogP contribution in [0, 0.1) is 11.3 Å². The Hall–Kier alpha value is -0.860. The summed E-state index contributed by atoms with van der Waals surface area (Å²) in [5.74, 6) is 1.13. The Morgan fingerprint density at radius 1 is 1.29 bits per heavy atom. The molecule has 3 N–H and O–H groups in total. The Labute approximate surface area is 147 Å². The number of ether oxygens (including phenoxy) is 1. The van der Waals surface area contributed by atoms with Crippen LogP contribution in [0.15, 0.2) is 4.99 Å². The van der Waals surface area contributed by atoms with Crippen LogP contribution < -0.4 is 15.4 Å². The minimum absolute atomic E-state index is 0.00931. The molecule has 0 aromatic rings. The van der Waals surface area contributed by atoms with Crippen molar-refractivity contribution in [3.05, 3.63) is 0 Å². The summed E-state index contributed by atoms with van der Waals surface area (Å²) >= 11 is 0. The Morgan fingerprint density at radius 2 is 1.96 bits per heavy atom. The third-order valence-corrected chi connectivity index (χ3v) is 5.76. The standard InChI is InChI=1S/C16H34N4O3S/c1-16(2,3)14(23-5)12-19-15(17-4)18-9-10-24(21,22)20-11-13-7-6-8-13/h13-14,20H,6-12H2,1-5H3,(H2,17,18,19). The molecule has 142 valence electrons. The third-order valence-electron chi connectivity index (χ3n) is 4.41. The monoisotopic (exact) mass is 362 g/mol. The zero-order valence-electron chi connectivity index (χ0n) is 15.7. The van der Waals surface area contributed by atoms with Gasteiger partial charge >= 0.3 is 0 Å². The molecule has 0 amide bonds. The molecule has 1 aliphatic rings. The van der Waals surface area contributed by atoms with Gasteiger partial charge in [-0.05, 0) is 24.2 Å². The van der Waals surface area contributed by atoms with Gasteiger partial charge < -0.3 is 15.4 Å². The molecule has 0 bridgehead atoms. The van der Waals surface area contributed by atoms with Crippen molar-refractivity contribution in [2.45, 2.75) is 46.1 Å². The summed E-state index contributed by atoms with van der Waals surface area (Å²) in [6.45, 7) is 7.81. The van der Waals surface area contributed by atoms with E-state index in [1.54, 1.807) is 14.2 Å². The van der Waals surface area contributed by atoms with E-state index in [1.165, 1.54) is 6.42 Å². The van der Waals surface area contributed by atoms with Crippen molar-refractivity contribution in [2.24, 2.45) is 16.3 Å². The van der Waals surface area contributed by atoms with Crippen LogP contribution in [0.1, 0.15) is 40.0 Å². The van der Waals surface area contributed by atoms with Crippen LogP contribution >= 0.6 is 0 Å². The summed E-state index contributed by atoms with van der Waals surface area (Å²) in [6.07, 6.45) is 3.51. The first-order valence-electron chi connectivity index (χ1n) is 8.62. The molecule has 7 nitrogen and oxygen atoms in total. The lowest BCUT2D eigenvalue weighted by Crippen LogP contribution is -2.46. The topological polar surface area (TPSA) is 91.8 Å². The van der Waals surface area contributed by atoms with E-state index in [9.17, 15) is 8.42 Å². The van der Waals surface area contributed by atoms with E-state index in [-0.39, 0.29) is 17.3 Å². The van der Waals surface area contributed by atoms with Crippen LogP contribution in [0.4, 0.5) is 0 Å². The van der Waals surface area contributed by atoms with Crippen molar-refractivity contribution in [1.29, 1.82) is 0 Å². The van der Waals surface area contributed by atoms with Gasteiger partial charge in [-0.1, -0.05) is 27.2 Å². The zero-order valence-corrected chi connectivity index (χ0v) is 16.5. The van der Waals surface area contributed by atoms with Gasteiger partial charge in [0, 0.05) is 33.8 Å². The van der Waals surface area contributed by atoms with E-state index in [2.05, 4.69) is 41.1 Å². The normalized spacial score (nSPS) is 18.1. The number of nitrogens with zero attached hydrogens (tertiary/aromatic N) is 1. The van der Waals surface area contributed by atoms with Crippen molar-refractivity contribution in [3.63, 3.8) is 0 Å². The van der Waals surface area contributed by atoms with Crippen molar-refractivity contribution < 1.29 is 13.2 Å². The number of hydrogen-bond donors (Lipinski definition) is 3. The van der Waals surface area contributed by atoms with Gasteiger partial charge in [-0.25, -0.2) is 13.1 Å². The van der Waals surface area contributed by atoms with Gasteiger partial charge in [0.2, 0.25) is 10.0 Å². The molecule has 0 aliphatic heterocycles. The van der Waals surface area contributed by atoms with E-state index in [1.807, 2.05) is 0 Å². The van der Waals surface area contributed by atoms with Gasteiger partial charge in [0.15, 0.2) is 5.96 Å². The Bertz CT molecular complexity index is 496. The maximum Gasteiger partial charge on any atom is 0.213 e.